The van der Waals surface area contributed by atoms with Crippen molar-refractivity contribution in [1.82, 2.24) is 0 Å². The van der Waals surface area contributed by atoms with Gasteiger partial charge in [-0.3, -0.25) is 4.79 Å². The van der Waals surface area contributed by atoms with Crippen LogP contribution >= 0.6 is 0 Å². The van der Waals surface area contributed by atoms with E-state index in [4.69, 9.17) is 4.42 Å². The van der Waals surface area contributed by atoms with Gasteiger partial charge in [-0.2, -0.15) is 0 Å². The van der Waals surface area contributed by atoms with E-state index in [0.717, 1.165) is 0 Å². The van der Waals surface area contributed by atoms with Gasteiger partial charge in [-0.1, -0.05) is 18.2 Å². The molecule has 5 nitrogen and oxygen atoms in total. The zero-order valence-electron chi connectivity index (χ0n) is 13.8. The van der Waals surface area contributed by atoms with Crippen LogP contribution in [0.25, 0.3) is 33.4 Å². The summed E-state index contributed by atoms with van der Waals surface area (Å²) in [6.07, 6.45) is 0. The lowest BCUT2D eigenvalue weighted by Crippen LogP contribution is -2.03. The minimum absolute atomic E-state index is 0.0661. The van der Waals surface area contributed by atoms with Crippen molar-refractivity contribution in [3.63, 3.8) is 0 Å². The standard InChI is InChI=1S/C21H14O5/c1-11-8-16-19(10-17(11)23)26-18-9-12(22)6-7-15(18)20(16)13-4-2-3-5-14(13)21(24)25/h2-10,23H,1H3,(H,24,25). The minimum Gasteiger partial charge on any atom is -0.508 e. The molecule has 1 heterocycles. The van der Waals surface area contributed by atoms with Crippen LogP contribution < -0.4 is 5.43 Å². The van der Waals surface area contributed by atoms with Crippen LogP contribution in [0.4, 0.5) is 0 Å². The van der Waals surface area contributed by atoms with Crippen molar-refractivity contribution in [2.75, 3.05) is 0 Å². The number of hydrogen-bond acceptors (Lipinski definition) is 4. The zero-order chi connectivity index (χ0) is 18.4. The lowest BCUT2D eigenvalue weighted by Gasteiger charge is -2.17. The molecule has 0 unspecified atom stereocenters. The summed E-state index contributed by atoms with van der Waals surface area (Å²) in [5, 5.41) is 20.3. The molecule has 2 N–H and O–H groups in total. The van der Waals surface area contributed by atoms with Crippen molar-refractivity contribution in [2.24, 2.45) is 0 Å². The summed E-state index contributed by atoms with van der Waals surface area (Å²) in [6.45, 7) is 1.76. The second-order valence-electron chi connectivity index (χ2n) is 6.12. The number of carboxylic acids is 1. The van der Waals surface area contributed by atoms with Crippen LogP contribution in [0.15, 0.2) is 63.8 Å². The number of rotatable bonds is 2. The highest BCUT2D eigenvalue weighted by Gasteiger charge is 2.21. The maximum absolute atomic E-state index is 11.8. The number of carbonyl (C=O) groups is 1. The predicted molar refractivity (Wildman–Crippen MR) is 97.9 cm³/mol. The first-order valence-corrected chi connectivity index (χ1v) is 7.98. The Morgan fingerprint density at radius 2 is 1.77 bits per heavy atom. The smallest absolute Gasteiger partial charge is 0.336 e. The third-order valence-electron chi connectivity index (χ3n) is 4.44. The largest absolute Gasteiger partial charge is 0.508 e. The number of carboxylic acid groups (broad SMARTS) is 1. The highest BCUT2D eigenvalue weighted by atomic mass is 16.4. The van der Waals surface area contributed by atoms with Crippen molar-refractivity contribution < 1.29 is 19.4 Å². The van der Waals surface area contributed by atoms with Gasteiger partial charge in [0, 0.05) is 28.6 Å². The molecule has 1 aliphatic heterocycles. The second-order valence-corrected chi connectivity index (χ2v) is 6.12. The monoisotopic (exact) mass is 346 g/mol. The summed E-state index contributed by atoms with van der Waals surface area (Å²) in [6, 6.07) is 14.3. The van der Waals surface area contributed by atoms with E-state index in [1.165, 1.54) is 24.3 Å². The van der Waals surface area contributed by atoms with Gasteiger partial charge in [-0.25, -0.2) is 4.79 Å². The third-order valence-corrected chi connectivity index (χ3v) is 4.44. The molecule has 0 radical (unpaired) electrons. The molecule has 2 aromatic rings. The molecule has 0 amide bonds. The van der Waals surface area contributed by atoms with Gasteiger partial charge in [-0.05, 0) is 42.3 Å². The molecule has 0 fully saturated rings. The molecule has 26 heavy (non-hydrogen) atoms. The molecule has 5 heteroatoms. The molecule has 4 rings (SSSR count). The number of phenols is 1. The Hall–Kier alpha value is -3.60. The van der Waals surface area contributed by atoms with Crippen molar-refractivity contribution in [2.45, 2.75) is 6.92 Å². The topological polar surface area (TPSA) is 87.7 Å². The van der Waals surface area contributed by atoms with E-state index in [1.807, 2.05) is 0 Å². The van der Waals surface area contributed by atoms with Crippen LogP contribution in [0.1, 0.15) is 15.9 Å². The number of phenolic OH excluding ortho intramolecular Hbond substituents is 1. The number of hydrogen-bond donors (Lipinski definition) is 2. The summed E-state index contributed by atoms with van der Waals surface area (Å²) in [4.78, 5) is 23.5. The molecule has 2 aliphatic rings. The molecule has 0 bridgehead atoms. The Kier molecular flexibility index (Phi) is 3.51. The Labute approximate surface area is 148 Å². The molecular formula is C21H14O5. The number of fused-ring (bicyclic) bond motifs is 2. The van der Waals surface area contributed by atoms with E-state index in [9.17, 15) is 19.8 Å². The van der Waals surface area contributed by atoms with Crippen molar-refractivity contribution in [3.8, 4) is 28.2 Å². The van der Waals surface area contributed by atoms with Gasteiger partial charge in [-0.15, -0.1) is 0 Å². The van der Waals surface area contributed by atoms with Crippen LogP contribution in [-0.2, 0) is 0 Å². The Bertz CT molecular complexity index is 1200. The average molecular weight is 346 g/mol. The van der Waals surface area contributed by atoms with E-state index in [0.29, 0.717) is 39.0 Å². The molecule has 1 aliphatic carbocycles. The third kappa shape index (κ3) is 2.41. The predicted octanol–water partition coefficient (Wildman–Crippen LogP) is 4.28. The maximum Gasteiger partial charge on any atom is 0.336 e. The van der Waals surface area contributed by atoms with Crippen molar-refractivity contribution in [3.05, 3.63) is 75.9 Å². The summed E-state index contributed by atoms with van der Waals surface area (Å²) in [5.41, 5.74) is 2.77. The maximum atomic E-state index is 11.8. The summed E-state index contributed by atoms with van der Waals surface area (Å²) in [5.74, 6) is -0.640. The second kappa shape index (κ2) is 5.74. The molecule has 0 spiro atoms. The molecule has 0 aromatic heterocycles. The molecule has 0 atom stereocenters. The lowest BCUT2D eigenvalue weighted by molar-refractivity contribution is 0.0697. The summed E-state index contributed by atoms with van der Waals surface area (Å²) < 4.78 is 5.82. The van der Waals surface area contributed by atoms with Crippen LogP contribution in [0.2, 0.25) is 0 Å². The number of aromatic carboxylic acids is 1. The molecular weight excluding hydrogens is 332 g/mol. The Morgan fingerprint density at radius 1 is 1.00 bits per heavy atom. The minimum atomic E-state index is -1.04. The van der Waals surface area contributed by atoms with E-state index in [1.54, 1.807) is 37.3 Å². The van der Waals surface area contributed by atoms with Crippen LogP contribution in [-0.4, -0.2) is 16.2 Å². The SMILES string of the molecule is Cc1cc2c(-c3ccccc3C(=O)O)c3ccc(=O)cc-3oc2cc1O. The Morgan fingerprint density at radius 3 is 2.54 bits per heavy atom. The molecule has 0 saturated heterocycles. The normalized spacial score (nSPS) is 11.1. The molecule has 2 aromatic carbocycles. The highest BCUT2D eigenvalue weighted by molar-refractivity contribution is 6.07. The lowest BCUT2D eigenvalue weighted by atomic mass is 9.90. The highest BCUT2D eigenvalue weighted by Crippen LogP contribution is 2.42. The fourth-order valence-corrected chi connectivity index (χ4v) is 3.19. The van der Waals surface area contributed by atoms with Gasteiger partial charge in [0.15, 0.2) is 5.43 Å². The number of aryl methyl sites for hydroxylation is 1. The van der Waals surface area contributed by atoms with Crippen molar-refractivity contribution >= 4 is 16.9 Å². The molecule has 0 saturated carbocycles. The van der Waals surface area contributed by atoms with E-state index in [-0.39, 0.29) is 16.7 Å². The fraction of sp³-hybridized carbons (Fsp3) is 0.0476. The van der Waals surface area contributed by atoms with Gasteiger partial charge in [0.2, 0.25) is 0 Å². The van der Waals surface area contributed by atoms with E-state index in [2.05, 4.69) is 0 Å². The van der Waals surface area contributed by atoms with Crippen molar-refractivity contribution in [1.29, 1.82) is 0 Å². The fourth-order valence-electron chi connectivity index (χ4n) is 3.19. The van der Waals surface area contributed by atoms with Gasteiger partial charge in [0.25, 0.3) is 0 Å². The van der Waals surface area contributed by atoms with Crippen LogP contribution in [0.5, 0.6) is 5.75 Å². The van der Waals surface area contributed by atoms with Gasteiger partial charge < -0.3 is 14.6 Å². The van der Waals surface area contributed by atoms with Gasteiger partial charge in [0.05, 0.1) is 5.56 Å². The quantitative estimate of drug-likeness (QED) is 0.529. The zero-order valence-corrected chi connectivity index (χ0v) is 13.8. The molecule has 128 valence electrons. The van der Waals surface area contributed by atoms with E-state index >= 15 is 0 Å². The Balaban J connectivity index is 2.24. The van der Waals surface area contributed by atoms with Gasteiger partial charge >= 0.3 is 5.97 Å². The average Bonchev–Trinajstić information content (AvgIpc) is 2.61. The first kappa shape index (κ1) is 15.9. The number of aromatic hydroxyl groups is 1. The van der Waals surface area contributed by atoms with Crippen LogP contribution in [0, 0.1) is 6.92 Å². The van der Waals surface area contributed by atoms with Crippen LogP contribution in [0.3, 0.4) is 0 Å². The number of benzene rings is 3. The first-order chi connectivity index (χ1) is 12.5. The summed E-state index contributed by atoms with van der Waals surface area (Å²) >= 11 is 0. The van der Waals surface area contributed by atoms with Gasteiger partial charge in [0.1, 0.15) is 17.1 Å². The summed E-state index contributed by atoms with van der Waals surface area (Å²) in [7, 11) is 0. The first-order valence-electron chi connectivity index (χ1n) is 7.98. The van der Waals surface area contributed by atoms with E-state index < -0.39 is 5.97 Å².